The van der Waals surface area contributed by atoms with Crippen LogP contribution in [0, 0.1) is 0 Å². The monoisotopic (exact) mass is 263 g/mol. The van der Waals surface area contributed by atoms with Crippen molar-refractivity contribution in [1.82, 2.24) is 15.2 Å². The van der Waals surface area contributed by atoms with Gasteiger partial charge in [-0.25, -0.2) is 4.98 Å². The van der Waals surface area contributed by atoms with Gasteiger partial charge in [-0.3, -0.25) is 9.69 Å². The highest BCUT2D eigenvalue weighted by atomic mass is 16.2. The van der Waals surface area contributed by atoms with Crippen LogP contribution in [0.3, 0.4) is 0 Å². The number of carbonyl (C=O) groups excluding carboxylic acids is 1. The van der Waals surface area contributed by atoms with Crippen molar-refractivity contribution in [2.45, 2.75) is 0 Å². The number of hydrogen-bond donors (Lipinski definition) is 2. The molecule has 1 aromatic heterocycles. The Morgan fingerprint density at radius 2 is 2.11 bits per heavy atom. The number of pyridine rings is 1. The molecule has 1 amide bonds. The minimum Gasteiger partial charge on any atom is -0.354 e. The number of nitrogens with zero attached hydrogens (tertiary/aromatic N) is 3. The molecule has 2 heterocycles. The minimum atomic E-state index is 0.0525. The summed E-state index contributed by atoms with van der Waals surface area (Å²) < 4.78 is 0. The van der Waals surface area contributed by atoms with Gasteiger partial charge in [0.05, 0.1) is 6.54 Å². The maximum atomic E-state index is 11.6. The Morgan fingerprint density at radius 3 is 2.74 bits per heavy atom. The third-order valence-electron chi connectivity index (χ3n) is 3.18. The van der Waals surface area contributed by atoms with Gasteiger partial charge in [0.25, 0.3) is 0 Å². The summed E-state index contributed by atoms with van der Waals surface area (Å²) in [5.74, 6) is 1.06. The first-order valence-corrected chi connectivity index (χ1v) is 6.64. The fourth-order valence-electron chi connectivity index (χ4n) is 2.15. The highest BCUT2D eigenvalue weighted by molar-refractivity contribution is 5.78. The van der Waals surface area contributed by atoms with E-state index in [2.05, 4.69) is 20.1 Å². The number of rotatable bonds is 5. The van der Waals surface area contributed by atoms with E-state index in [4.69, 9.17) is 5.73 Å². The third kappa shape index (κ3) is 4.18. The van der Waals surface area contributed by atoms with Crippen LogP contribution in [0.2, 0.25) is 0 Å². The number of carbonyl (C=O) groups is 1. The smallest absolute Gasteiger partial charge is 0.234 e. The summed E-state index contributed by atoms with van der Waals surface area (Å²) >= 11 is 0. The molecule has 104 valence electrons. The lowest BCUT2D eigenvalue weighted by molar-refractivity contribution is -0.122. The molecule has 6 heteroatoms. The van der Waals surface area contributed by atoms with Crippen molar-refractivity contribution in [2.75, 3.05) is 50.7 Å². The lowest BCUT2D eigenvalue weighted by Crippen LogP contribution is -2.50. The molecule has 1 saturated heterocycles. The normalized spacial score (nSPS) is 16.4. The van der Waals surface area contributed by atoms with Crippen molar-refractivity contribution in [3.63, 3.8) is 0 Å². The largest absolute Gasteiger partial charge is 0.354 e. The van der Waals surface area contributed by atoms with Gasteiger partial charge in [-0.05, 0) is 12.1 Å². The van der Waals surface area contributed by atoms with E-state index in [-0.39, 0.29) is 5.91 Å². The molecular formula is C13H21N5O. The van der Waals surface area contributed by atoms with Crippen molar-refractivity contribution in [1.29, 1.82) is 0 Å². The molecule has 0 saturated carbocycles. The molecule has 0 atom stereocenters. The SMILES string of the molecule is NCCNC(=O)CN1CCN(c2ccccn2)CC1. The average molecular weight is 263 g/mol. The van der Waals surface area contributed by atoms with E-state index in [0.29, 0.717) is 19.6 Å². The fraction of sp³-hybridized carbons (Fsp3) is 0.538. The van der Waals surface area contributed by atoms with Crippen LogP contribution in [0.1, 0.15) is 0 Å². The van der Waals surface area contributed by atoms with Gasteiger partial charge in [-0.2, -0.15) is 0 Å². The van der Waals surface area contributed by atoms with Crippen molar-refractivity contribution in [3.05, 3.63) is 24.4 Å². The number of nitrogens with two attached hydrogens (primary N) is 1. The van der Waals surface area contributed by atoms with Crippen LogP contribution in [-0.4, -0.2) is 61.6 Å². The van der Waals surface area contributed by atoms with Gasteiger partial charge in [-0.1, -0.05) is 6.07 Å². The lowest BCUT2D eigenvalue weighted by atomic mass is 10.3. The highest BCUT2D eigenvalue weighted by Crippen LogP contribution is 2.11. The Hall–Kier alpha value is -1.66. The number of piperazine rings is 1. The lowest BCUT2D eigenvalue weighted by Gasteiger charge is -2.34. The zero-order valence-corrected chi connectivity index (χ0v) is 11.1. The van der Waals surface area contributed by atoms with Crippen LogP contribution in [0.15, 0.2) is 24.4 Å². The molecule has 0 aromatic carbocycles. The van der Waals surface area contributed by atoms with E-state index in [1.165, 1.54) is 0 Å². The molecule has 3 N–H and O–H groups in total. The predicted molar refractivity (Wildman–Crippen MR) is 75.0 cm³/mol. The molecule has 0 radical (unpaired) electrons. The summed E-state index contributed by atoms with van der Waals surface area (Å²) in [5, 5.41) is 2.79. The van der Waals surface area contributed by atoms with E-state index in [1.54, 1.807) is 0 Å². The Balaban J connectivity index is 1.75. The summed E-state index contributed by atoms with van der Waals surface area (Å²) in [6.07, 6.45) is 1.81. The number of amides is 1. The van der Waals surface area contributed by atoms with Gasteiger partial charge in [-0.15, -0.1) is 0 Å². The predicted octanol–water partition coefficient (Wildman–Crippen LogP) is -0.721. The topological polar surface area (TPSA) is 74.5 Å². The van der Waals surface area contributed by atoms with Crippen LogP contribution in [0.4, 0.5) is 5.82 Å². The zero-order valence-electron chi connectivity index (χ0n) is 11.1. The molecule has 0 unspecified atom stereocenters. The number of hydrogen-bond acceptors (Lipinski definition) is 5. The first-order chi connectivity index (χ1) is 9.29. The minimum absolute atomic E-state index is 0.0525. The summed E-state index contributed by atoms with van der Waals surface area (Å²) in [5.41, 5.74) is 5.35. The summed E-state index contributed by atoms with van der Waals surface area (Å²) in [7, 11) is 0. The van der Waals surface area contributed by atoms with Crippen LogP contribution in [0.25, 0.3) is 0 Å². The molecule has 1 fully saturated rings. The summed E-state index contributed by atoms with van der Waals surface area (Å²) in [4.78, 5) is 20.3. The first-order valence-electron chi connectivity index (χ1n) is 6.64. The molecule has 6 nitrogen and oxygen atoms in total. The molecule has 19 heavy (non-hydrogen) atoms. The average Bonchev–Trinajstić information content (AvgIpc) is 2.47. The van der Waals surface area contributed by atoms with Gasteiger partial charge >= 0.3 is 0 Å². The Morgan fingerprint density at radius 1 is 1.32 bits per heavy atom. The Labute approximate surface area is 113 Å². The van der Waals surface area contributed by atoms with Gasteiger partial charge in [0.1, 0.15) is 5.82 Å². The van der Waals surface area contributed by atoms with Crippen LogP contribution in [-0.2, 0) is 4.79 Å². The van der Waals surface area contributed by atoms with Gasteiger partial charge in [0, 0.05) is 45.5 Å². The molecule has 2 rings (SSSR count). The van der Waals surface area contributed by atoms with E-state index >= 15 is 0 Å². The molecule has 0 aliphatic carbocycles. The fourth-order valence-corrected chi connectivity index (χ4v) is 2.15. The van der Waals surface area contributed by atoms with Gasteiger partial charge in [0.15, 0.2) is 0 Å². The Bertz CT molecular complexity index is 389. The molecule has 1 aliphatic heterocycles. The van der Waals surface area contributed by atoms with E-state index in [9.17, 15) is 4.79 Å². The second-order valence-corrected chi connectivity index (χ2v) is 4.59. The van der Waals surface area contributed by atoms with Crippen molar-refractivity contribution < 1.29 is 4.79 Å². The van der Waals surface area contributed by atoms with Crippen LogP contribution >= 0.6 is 0 Å². The molecule has 1 aliphatic rings. The standard InChI is InChI=1S/C13H21N5O/c14-4-6-16-13(19)11-17-7-9-18(10-8-17)12-3-1-2-5-15-12/h1-3,5H,4,6-11,14H2,(H,16,19). The van der Waals surface area contributed by atoms with Crippen LogP contribution in [0.5, 0.6) is 0 Å². The zero-order chi connectivity index (χ0) is 13.5. The summed E-state index contributed by atoms with van der Waals surface area (Å²) in [6, 6.07) is 5.93. The summed E-state index contributed by atoms with van der Waals surface area (Å²) in [6.45, 7) is 5.06. The number of anilines is 1. The molecule has 0 spiro atoms. The maximum absolute atomic E-state index is 11.6. The van der Waals surface area contributed by atoms with E-state index in [1.807, 2.05) is 24.4 Å². The second-order valence-electron chi connectivity index (χ2n) is 4.59. The quantitative estimate of drug-likeness (QED) is 0.733. The second kappa shape index (κ2) is 7.06. The Kier molecular flexibility index (Phi) is 5.11. The first kappa shape index (κ1) is 13.8. The molecule has 0 bridgehead atoms. The third-order valence-corrected chi connectivity index (χ3v) is 3.18. The van der Waals surface area contributed by atoms with E-state index < -0.39 is 0 Å². The van der Waals surface area contributed by atoms with Crippen LogP contribution < -0.4 is 16.0 Å². The van der Waals surface area contributed by atoms with Crippen molar-refractivity contribution in [3.8, 4) is 0 Å². The van der Waals surface area contributed by atoms with Crippen molar-refractivity contribution >= 4 is 11.7 Å². The van der Waals surface area contributed by atoms with Gasteiger partial charge < -0.3 is 16.0 Å². The number of aromatic nitrogens is 1. The van der Waals surface area contributed by atoms with Crippen molar-refractivity contribution in [2.24, 2.45) is 5.73 Å². The van der Waals surface area contributed by atoms with Gasteiger partial charge in [0.2, 0.25) is 5.91 Å². The molecule has 1 aromatic rings. The molecular weight excluding hydrogens is 242 g/mol. The number of nitrogens with one attached hydrogen (secondary N) is 1. The van der Waals surface area contributed by atoms with E-state index in [0.717, 1.165) is 32.0 Å². The maximum Gasteiger partial charge on any atom is 0.234 e. The highest BCUT2D eigenvalue weighted by Gasteiger charge is 2.19.